The maximum atomic E-state index is 13.6. The lowest BCUT2D eigenvalue weighted by Crippen LogP contribution is -2.31. The summed E-state index contributed by atoms with van der Waals surface area (Å²) in [6.45, 7) is 3.74. The number of halogens is 3. The standard InChI is InChI=1S/C17H17F3N2O3S/c1-3-10(2)21-17(23)11-4-6-12(7-5-11)26(24,25)22-14-9-8-13(18)15(19)16(14)20/h4-10,22H,3H2,1-2H3,(H,21,23). The van der Waals surface area contributed by atoms with Crippen LogP contribution in [0, 0.1) is 17.5 Å². The first-order valence-electron chi connectivity index (χ1n) is 7.73. The highest BCUT2D eigenvalue weighted by molar-refractivity contribution is 7.92. The predicted octanol–water partition coefficient (Wildman–Crippen LogP) is 3.43. The van der Waals surface area contributed by atoms with E-state index in [4.69, 9.17) is 0 Å². The fourth-order valence-electron chi connectivity index (χ4n) is 2.00. The van der Waals surface area contributed by atoms with E-state index < -0.39 is 33.2 Å². The first kappa shape index (κ1) is 19.8. The van der Waals surface area contributed by atoms with Crippen molar-refractivity contribution in [1.29, 1.82) is 0 Å². The SMILES string of the molecule is CCC(C)NC(=O)c1ccc(S(=O)(=O)Nc2ccc(F)c(F)c2F)cc1. The van der Waals surface area contributed by atoms with Crippen molar-refractivity contribution >= 4 is 21.6 Å². The largest absolute Gasteiger partial charge is 0.350 e. The van der Waals surface area contributed by atoms with E-state index in [0.29, 0.717) is 6.07 Å². The van der Waals surface area contributed by atoms with Crippen LogP contribution in [0.1, 0.15) is 30.6 Å². The number of amides is 1. The Morgan fingerprint density at radius 3 is 2.23 bits per heavy atom. The molecule has 9 heteroatoms. The quantitative estimate of drug-likeness (QED) is 0.747. The Hall–Kier alpha value is -2.55. The molecule has 0 aliphatic carbocycles. The lowest BCUT2D eigenvalue weighted by molar-refractivity contribution is 0.0939. The second-order valence-corrected chi connectivity index (χ2v) is 7.32. The number of benzene rings is 2. The summed E-state index contributed by atoms with van der Waals surface area (Å²) in [5.74, 6) is -5.20. The number of anilines is 1. The van der Waals surface area contributed by atoms with Gasteiger partial charge in [0.1, 0.15) is 0 Å². The Bertz CT molecular complexity index is 916. The van der Waals surface area contributed by atoms with Crippen LogP contribution in [0.15, 0.2) is 41.3 Å². The molecule has 0 saturated heterocycles. The number of carbonyl (C=O) groups is 1. The van der Waals surface area contributed by atoms with E-state index in [9.17, 15) is 26.4 Å². The van der Waals surface area contributed by atoms with Crippen LogP contribution < -0.4 is 10.0 Å². The highest BCUT2D eigenvalue weighted by Gasteiger charge is 2.20. The van der Waals surface area contributed by atoms with Gasteiger partial charge in [-0.3, -0.25) is 9.52 Å². The van der Waals surface area contributed by atoms with Crippen molar-refractivity contribution in [2.45, 2.75) is 31.2 Å². The number of hydrogen-bond donors (Lipinski definition) is 2. The first-order chi connectivity index (χ1) is 12.2. The average molecular weight is 386 g/mol. The van der Waals surface area contributed by atoms with E-state index in [-0.39, 0.29) is 22.4 Å². The number of sulfonamides is 1. The summed E-state index contributed by atoms with van der Waals surface area (Å²) in [4.78, 5) is 11.7. The molecule has 0 saturated carbocycles. The minimum Gasteiger partial charge on any atom is -0.350 e. The molecule has 1 unspecified atom stereocenters. The Labute approximate surface area is 149 Å². The zero-order valence-electron chi connectivity index (χ0n) is 14.0. The van der Waals surface area contributed by atoms with E-state index in [1.54, 1.807) is 0 Å². The van der Waals surface area contributed by atoms with E-state index >= 15 is 0 Å². The summed E-state index contributed by atoms with van der Waals surface area (Å²) in [5.41, 5.74) is -0.467. The molecule has 0 fully saturated rings. The summed E-state index contributed by atoms with van der Waals surface area (Å²) < 4.78 is 66.1. The second kappa shape index (κ2) is 7.77. The first-order valence-corrected chi connectivity index (χ1v) is 9.21. The zero-order chi connectivity index (χ0) is 19.5. The molecule has 2 aromatic rings. The Kier molecular flexibility index (Phi) is 5.91. The van der Waals surface area contributed by atoms with Crippen molar-refractivity contribution in [1.82, 2.24) is 5.32 Å². The maximum absolute atomic E-state index is 13.6. The van der Waals surface area contributed by atoms with Crippen molar-refractivity contribution in [3.8, 4) is 0 Å². The summed E-state index contributed by atoms with van der Waals surface area (Å²) >= 11 is 0. The highest BCUT2D eigenvalue weighted by atomic mass is 32.2. The normalized spacial score (nSPS) is 12.5. The molecule has 0 aliphatic heterocycles. The van der Waals surface area contributed by atoms with Crippen LogP contribution in [0.3, 0.4) is 0 Å². The van der Waals surface area contributed by atoms with Gasteiger partial charge in [0.2, 0.25) is 0 Å². The van der Waals surface area contributed by atoms with Crippen LogP contribution in [0.25, 0.3) is 0 Å². The molecule has 140 valence electrons. The molecule has 2 aromatic carbocycles. The number of carbonyl (C=O) groups excluding carboxylic acids is 1. The van der Waals surface area contributed by atoms with Crippen LogP contribution in [0.2, 0.25) is 0 Å². The molecular formula is C17H17F3N2O3S. The van der Waals surface area contributed by atoms with Gasteiger partial charge in [-0.25, -0.2) is 21.6 Å². The zero-order valence-corrected chi connectivity index (χ0v) is 14.8. The molecule has 0 heterocycles. The van der Waals surface area contributed by atoms with Gasteiger partial charge < -0.3 is 5.32 Å². The molecule has 0 aromatic heterocycles. The van der Waals surface area contributed by atoms with E-state index in [1.165, 1.54) is 12.1 Å². The highest BCUT2D eigenvalue weighted by Crippen LogP contribution is 2.23. The molecule has 0 radical (unpaired) electrons. The van der Waals surface area contributed by atoms with Crippen LogP contribution in [-0.2, 0) is 10.0 Å². The molecule has 2 rings (SSSR count). The lowest BCUT2D eigenvalue weighted by Gasteiger charge is -2.12. The van der Waals surface area contributed by atoms with Crippen LogP contribution >= 0.6 is 0 Å². The molecule has 0 spiro atoms. The van der Waals surface area contributed by atoms with Gasteiger partial charge in [-0.15, -0.1) is 0 Å². The van der Waals surface area contributed by atoms with Gasteiger partial charge in [-0.2, -0.15) is 0 Å². The van der Waals surface area contributed by atoms with Crippen LogP contribution in [0.5, 0.6) is 0 Å². The van der Waals surface area contributed by atoms with Gasteiger partial charge >= 0.3 is 0 Å². The van der Waals surface area contributed by atoms with Crippen molar-refractivity contribution < 1.29 is 26.4 Å². The third-order valence-electron chi connectivity index (χ3n) is 3.70. The Balaban J connectivity index is 2.22. The van der Waals surface area contributed by atoms with Crippen LogP contribution in [0.4, 0.5) is 18.9 Å². The summed E-state index contributed by atoms with van der Waals surface area (Å²) in [6.07, 6.45) is 0.738. The van der Waals surface area contributed by atoms with Gasteiger partial charge in [0.15, 0.2) is 17.5 Å². The molecule has 2 N–H and O–H groups in total. The smallest absolute Gasteiger partial charge is 0.261 e. The molecule has 0 bridgehead atoms. The van der Waals surface area contributed by atoms with E-state index in [0.717, 1.165) is 24.6 Å². The molecule has 0 aliphatic rings. The van der Waals surface area contributed by atoms with Gasteiger partial charge in [0, 0.05) is 11.6 Å². The number of nitrogens with one attached hydrogen (secondary N) is 2. The minimum atomic E-state index is -4.25. The van der Waals surface area contributed by atoms with Gasteiger partial charge in [0.05, 0.1) is 10.6 Å². The van der Waals surface area contributed by atoms with Crippen molar-refractivity contribution in [3.05, 3.63) is 59.4 Å². The lowest BCUT2D eigenvalue weighted by atomic mass is 10.2. The predicted molar refractivity (Wildman–Crippen MR) is 90.8 cm³/mol. The van der Waals surface area contributed by atoms with Crippen molar-refractivity contribution in [2.75, 3.05) is 4.72 Å². The Morgan fingerprint density at radius 2 is 1.65 bits per heavy atom. The van der Waals surface area contributed by atoms with Crippen molar-refractivity contribution in [2.24, 2.45) is 0 Å². The van der Waals surface area contributed by atoms with E-state index in [1.807, 2.05) is 18.6 Å². The third-order valence-corrected chi connectivity index (χ3v) is 5.08. The topological polar surface area (TPSA) is 75.3 Å². The second-order valence-electron chi connectivity index (χ2n) is 5.64. The summed E-state index contributed by atoms with van der Waals surface area (Å²) in [5, 5.41) is 2.73. The summed E-state index contributed by atoms with van der Waals surface area (Å²) in [7, 11) is -4.25. The Morgan fingerprint density at radius 1 is 1.04 bits per heavy atom. The maximum Gasteiger partial charge on any atom is 0.261 e. The van der Waals surface area contributed by atoms with Gasteiger partial charge in [0.25, 0.3) is 15.9 Å². The molecule has 1 atom stereocenters. The average Bonchev–Trinajstić information content (AvgIpc) is 2.62. The molecular weight excluding hydrogens is 369 g/mol. The minimum absolute atomic E-state index is 0.0380. The summed E-state index contributed by atoms with van der Waals surface area (Å²) in [6, 6.07) is 6.26. The fourth-order valence-corrected chi connectivity index (χ4v) is 3.06. The molecule has 5 nitrogen and oxygen atoms in total. The third kappa shape index (κ3) is 4.34. The fraction of sp³-hybridized carbons (Fsp3) is 0.235. The van der Waals surface area contributed by atoms with Crippen molar-refractivity contribution in [3.63, 3.8) is 0 Å². The molecule has 26 heavy (non-hydrogen) atoms. The van der Waals surface area contributed by atoms with Gasteiger partial charge in [-0.1, -0.05) is 6.92 Å². The van der Waals surface area contributed by atoms with E-state index in [2.05, 4.69) is 5.32 Å². The van der Waals surface area contributed by atoms with Gasteiger partial charge in [-0.05, 0) is 49.7 Å². The monoisotopic (exact) mass is 386 g/mol. The molecule has 1 amide bonds. The number of rotatable bonds is 6. The van der Waals surface area contributed by atoms with Crippen LogP contribution in [-0.4, -0.2) is 20.4 Å². The number of hydrogen-bond acceptors (Lipinski definition) is 3.